The summed E-state index contributed by atoms with van der Waals surface area (Å²) in [6, 6.07) is 8.41. The zero-order valence-electron chi connectivity index (χ0n) is 12.3. The predicted octanol–water partition coefficient (Wildman–Crippen LogP) is 1.76. The van der Waals surface area contributed by atoms with Crippen LogP contribution >= 0.6 is 0 Å². The number of aromatic nitrogens is 1. The molecule has 0 spiro atoms. The van der Waals surface area contributed by atoms with Crippen LogP contribution in [-0.4, -0.2) is 30.0 Å². The van der Waals surface area contributed by atoms with Crippen LogP contribution in [0.5, 0.6) is 0 Å². The molecule has 2 atom stereocenters. The Morgan fingerprint density at radius 1 is 1.40 bits per heavy atom. The first-order chi connectivity index (χ1) is 9.67. The number of fused-ring (bicyclic) bond motifs is 1. The van der Waals surface area contributed by atoms with Crippen molar-refractivity contribution in [3.63, 3.8) is 0 Å². The minimum Gasteiger partial charge on any atom is -0.383 e. The van der Waals surface area contributed by atoms with Gasteiger partial charge in [-0.2, -0.15) is 0 Å². The second kappa shape index (κ2) is 6.54. The lowest BCUT2D eigenvalue weighted by Gasteiger charge is -2.21. The second-order valence-corrected chi connectivity index (χ2v) is 4.91. The van der Waals surface area contributed by atoms with E-state index in [9.17, 15) is 0 Å². The summed E-state index contributed by atoms with van der Waals surface area (Å²) in [5.74, 6) is 0.582. The molecule has 2 rings (SSSR count). The number of rotatable bonds is 6. The first kappa shape index (κ1) is 14.6. The monoisotopic (exact) mass is 273 g/mol. The highest BCUT2D eigenvalue weighted by molar-refractivity contribution is 6.08. The lowest BCUT2D eigenvalue weighted by atomic mass is 10.1. The highest BCUT2D eigenvalue weighted by Crippen LogP contribution is 2.17. The third-order valence-corrected chi connectivity index (χ3v) is 3.57. The Morgan fingerprint density at radius 3 is 2.90 bits per heavy atom. The molecule has 5 nitrogen and oxygen atoms in total. The Kier molecular flexibility index (Phi) is 4.76. The minimum absolute atomic E-state index is 0.0987. The summed E-state index contributed by atoms with van der Waals surface area (Å²) in [4.78, 5) is 7.83. The largest absolute Gasteiger partial charge is 0.383 e. The standard InChI is InChI=1S/C15H23N5/c1-4-13(20-17-3)10(2)19-15(16)12-6-5-7-14-11(12)8-9-18-14/h5-10,13,17-18,20H,4H2,1-3H3,(H2,16,19). The van der Waals surface area contributed by atoms with Gasteiger partial charge in [0.15, 0.2) is 0 Å². The van der Waals surface area contributed by atoms with Crippen molar-refractivity contribution in [2.45, 2.75) is 32.4 Å². The Labute approximate surface area is 119 Å². The van der Waals surface area contributed by atoms with Crippen LogP contribution in [0.1, 0.15) is 25.8 Å². The molecule has 0 amide bonds. The molecule has 1 aromatic carbocycles. The molecule has 1 aromatic heterocycles. The zero-order valence-corrected chi connectivity index (χ0v) is 12.3. The smallest absolute Gasteiger partial charge is 0.126 e. The maximum Gasteiger partial charge on any atom is 0.126 e. The molecular formula is C15H23N5. The van der Waals surface area contributed by atoms with Crippen molar-refractivity contribution in [1.29, 1.82) is 0 Å². The van der Waals surface area contributed by atoms with Crippen molar-refractivity contribution in [2.75, 3.05) is 7.05 Å². The first-order valence-corrected chi connectivity index (χ1v) is 6.99. The fourth-order valence-corrected chi connectivity index (χ4v) is 2.44. The van der Waals surface area contributed by atoms with Crippen LogP contribution in [0.3, 0.4) is 0 Å². The van der Waals surface area contributed by atoms with Crippen LogP contribution < -0.4 is 16.6 Å². The fourth-order valence-electron chi connectivity index (χ4n) is 2.44. The summed E-state index contributed by atoms with van der Waals surface area (Å²) < 4.78 is 0. The molecule has 0 aliphatic rings. The van der Waals surface area contributed by atoms with Gasteiger partial charge in [0.05, 0.1) is 6.04 Å². The summed E-state index contributed by atoms with van der Waals surface area (Å²) in [6.45, 7) is 4.20. The first-order valence-electron chi connectivity index (χ1n) is 6.99. The number of benzene rings is 1. The van der Waals surface area contributed by atoms with Crippen molar-refractivity contribution in [2.24, 2.45) is 10.7 Å². The quantitative estimate of drug-likeness (QED) is 0.368. The van der Waals surface area contributed by atoms with E-state index in [4.69, 9.17) is 5.73 Å². The SMILES string of the molecule is CCC(NNC)C(C)/N=C(\N)c1cccc2[nH]ccc12. The van der Waals surface area contributed by atoms with Crippen LogP contribution in [0, 0.1) is 0 Å². The lowest BCUT2D eigenvalue weighted by molar-refractivity contribution is 0.399. The van der Waals surface area contributed by atoms with Gasteiger partial charge in [0.25, 0.3) is 0 Å². The molecule has 5 heteroatoms. The van der Waals surface area contributed by atoms with E-state index in [1.807, 2.05) is 37.5 Å². The molecule has 1 heterocycles. The van der Waals surface area contributed by atoms with E-state index in [0.717, 1.165) is 22.9 Å². The van der Waals surface area contributed by atoms with E-state index in [1.165, 1.54) is 0 Å². The average molecular weight is 273 g/mol. The molecule has 0 aliphatic carbocycles. The van der Waals surface area contributed by atoms with Gasteiger partial charge < -0.3 is 10.7 Å². The van der Waals surface area contributed by atoms with E-state index in [1.54, 1.807) is 0 Å². The molecule has 5 N–H and O–H groups in total. The number of amidine groups is 1. The van der Waals surface area contributed by atoms with Crippen LogP contribution in [0.4, 0.5) is 0 Å². The number of aliphatic imine (C=N–C) groups is 1. The van der Waals surface area contributed by atoms with E-state index in [-0.39, 0.29) is 12.1 Å². The summed E-state index contributed by atoms with van der Waals surface area (Å²) >= 11 is 0. The minimum atomic E-state index is 0.0987. The van der Waals surface area contributed by atoms with E-state index in [2.05, 4.69) is 34.7 Å². The molecule has 0 bridgehead atoms. The third kappa shape index (κ3) is 3.00. The molecule has 0 saturated carbocycles. The third-order valence-electron chi connectivity index (χ3n) is 3.57. The molecule has 0 aliphatic heterocycles. The van der Waals surface area contributed by atoms with Gasteiger partial charge in [-0.25, -0.2) is 0 Å². The van der Waals surface area contributed by atoms with Gasteiger partial charge in [0, 0.05) is 28.7 Å². The zero-order chi connectivity index (χ0) is 14.5. The average Bonchev–Trinajstić information content (AvgIpc) is 2.92. The van der Waals surface area contributed by atoms with Gasteiger partial charge in [-0.1, -0.05) is 19.1 Å². The van der Waals surface area contributed by atoms with Gasteiger partial charge in [-0.15, -0.1) is 0 Å². The van der Waals surface area contributed by atoms with Crippen molar-refractivity contribution < 1.29 is 0 Å². The number of aromatic amines is 1. The van der Waals surface area contributed by atoms with Crippen molar-refractivity contribution in [3.8, 4) is 0 Å². The predicted molar refractivity (Wildman–Crippen MR) is 84.8 cm³/mol. The molecule has 2 unspecified atom stereocenters. The highest BCUT2D eigenvalue weighted by atomic mass is 15.4. The summed E-state index contributed by atoms with van der Waals surface area (Å²) in [5.41, 5.74) is 14.4. The highest BCUT2D eigenvalue weighted by Gasteiger charge is 2.14. The molecule has 0 fully saturated rings. The van der Waals surface area contributed by atoms with Crippen LogP contribution in [0.15, 0.2) is 35.5 Å². The summed E-state index contributed by atoms with van der Waals surface area (Å²) in [5, 5.41) is 1.11. The molecule has 0 radical (unpaired) electrons. The maximum absolute atomic E-state index is 6.20. The van der Waals surface area contributed by atoms with Gasteiger partial charge in [-0.05, 0) is 32.5 Å². The van der Waals surface area contributed by atoms with Crippen LogP contribution in [-0.2, 0) is 0 Å². The molecule has 108 valence electrons. The number of nitrogens with zero attached hydrogens (tertiary/aromatic N) is 1. The van der Waals surface area contributed by atoms with Gasteiger partial charge in [0.2, 0.25) is 0 Å². The Bertz CT molecular complexity index is 587. The summed E-state index contributed by atoms with van der Waals surface area (Å²) in [6.07, 6.45) is 2.90. The number of hydrazine groups is 1. The summed E-state index contributed by atoms with van der Waals surface area (Å²) in [7, 11) is 1.86. The fraction of sp³-hybridized carbons (Fsp3) is 0.400. The van der Waals surface area contributed by atoms with Gasteiger partial charge in [-0.3, -0.25) is 15.8 Å². The van der Waals surface area contributed by atoms with E-state index < -0.39 is 0 Å². The molecular weight excluding hydrogens is 250 g/mol. The van der Waals surface area contributed by atoms with Gasteiger partial charge >= 0.3 is 0 Å². The van der Waals surface area contributed by atoms with Crippen LogP contribution in [0.25, 0.3) is 10.9 Å². The Hall–Kier alpha value is -1.85. The number of hydrogen-bond donors (Lipinski definition) is 4. The van der Waals surface area contributed by atoms with Gasteiger partial charge in [0.1, 0.15) is 5.84 Å². The molecule has 2 aromatic rings. The Morgan fingerprint density at radius 2 is 2.20 bits per heavy atom. The van der Waals surface area contributed by atoms with Crippen molar-refractivity contribution in [3.05, 3.63) is 36.0 Å². The Balaban J connectivity index is 2.27. The van der Waals surface area contributed by atoms with Crippen molar-refractivity contribution in [1.82, 2.24) is 15.8 Å². The number of H-pyrrole nitrogens is 1. The number of nitrogens with two attached hydrogens (primary N) is 1. The molecule has 0 saturated heterocycles. The molecule has 20 heavy (non-hydrogen) atoms. The van der Waals surface area contributed by atoms with E-state index >= 15 is 0 Å². The van der Waals surface area contributed by atoms with Crippen LogP contribution in [0.2, 0.25) is 0 Å². The topological polar surface area (TPSA) is 78.2 Å². The number of hydrogen-bond acceptors (Lipinski definition) is 3. The normalized spacial score (nSPS) is 15.4. The lowest BCUT2D eigenvalue weighted by Crippen LogP contribution is -2.44. The maximum atomic E-state index is 6.20. The number of nitrogens with one attached hydrogen (secondary N) is 3. The second-order valence-electron chi connectivity index (χ2n) is 4.91. The van der Waals surface area contributed by atoms with E-state index in [0.29, 0.717) is 5.84 Å². The van der Waals surface area contributed by atoms with Crippen molar-refractivity contribution >= 4 is 16.7 Å².